The summed E-state index contributed by atoms with van der Waals surface area (Å²) < 4.78 is 19.2. The smallest absolute Gasteiger partial charge is 0.407 e. The maximum Gasteiger partial charge on any atom is 0.407 e. The predicted molar refractivity (Wildman–Crippen MR) is 84.4 cm³/mol. The summed E-state index contributed by atoms with van der Waals surface area (Å²) in [5, 5.41) is 2.46. The van der Waals surface area contributed by atoms with Crippen LogP contribution in [0.4, 0.5) is 9.18 Å². The van der Waals surface area contributed by atoms with E-state index < -0.39 is 12.3 Å². The van der Waals surface area contributed by atoms with Crippen LogP contribution in [-0.4, -0.2) is 12.6 Å². The first-order valence-corrected chi connectivity index (χ1v) is 7.22. The highest BCUT2D eigenvalue weighted by Gasteiger charge is 2.14. The number of carbonyl (C=O) groups is 1. The monoisotopic (exact) mass is 301 g/mol. The minimum Gasteiger partial charge on any atom is -0.445 e. The zero-order chi connectivity index (χ0) is 15.9. The lowest BCUT2D eigenvalue weighted by Gasteiger charge is -2.13. The normalized spacial score (nSPS) is 11.8. The van der Waals surface area contributed by atoms with Gasteiger partial charge >= 0.3 is 6.09 Å². The first kappa shape index (κ1) is 16.0. The average molecular weight is 301 g/mol. The Morgan fingerprint density at radius 1 is 1.18 bits per heavy atom. The molecule has 1 N–H and O–H groups in total. The van der Waals surface area contributed by atoms with Crippen LogP contribution in [0, 0.1) is 13.8 Å². The Labute approximate surface area is 130 Å². The number of hydrogen-bond acceptors (Lipinski definition) is 2. The Hall–Kier alpha value is -2.36. The molecule has 2 rings (SSSR count). The van der Waals surface area contributed by atoms with Crippen molar-refractivity contribution in [1.82, 2.24) is 5.32 Å². The molecule has 22 heavy (non-hydrogen) atoms. The average Bonchev–Trinajstić information content (AvgIpc) is 2.51. The molecule has 3 nitrogen and oxygen atoms in total. The summed E-state index contributed by atoms with van der Waals surface area (Å²) in [7, 11) is 0. The molecule has 0 saturated carbocycles. The zero-order valence-electron chi connectivity index (χ0n) is 12.8. The number of alkyl halides is 1. The highest BCUT2D eigenvalue weighted by atomic mass is 19.1. The van der Waals surface area contributed by atoms with Gasteiger partial charge in [0.1, 0.15) is 12.8 Å². The van der Waals surface area contributed by atoms with Crippen molar-refractivity contribution in [2.75, 3.05) is 6.54 Å². The standard InChI is InChI=1S/C18H20FNO2/c1-13-8-9-16(14(2)10-13)17(19)11-20-18(21)22-12-15-6-4-3-5-7-15/h3-10,17H,11-12H2,1-2H3,(H,20,21). The highest BCUT2D eigenvalue weighted by Crippen LogP contribution is 2.21. The Balaban J connectivity index is 1.80. The molecule has 2 aromatic rings. The Morgan fingerprint density at radius 3 is 2.59 bits per heavy atom. The van der Waals surface area contributed by atoms with Gasteiger partial charge in [0.05, 0.1) is 6.54 Å². The quantitative estimate of drug-likeness (QED) is 0.897. The van der Waals surface area contributed by atoms with Gasteiger partial charge in [-0.1, -0.05) is 54.1 Å². The van der Waals surface area contributed by atoms with E-state index in [1.807, 2.05) is 56.3 Å². The maximum atomic E-state index is 14.2. The topological polar surface area (TPSA) is 38.3 Å². The van der Waals surface area contributed by atoms with Crippen molar-refractivity contribution in [3.63, 3.8) is 0 Å². The number of nitrogens with one attached hydrogen (secondary N) is 1. The minimum absolute atomic E-state index is 0.0997. The van der Waals surface area contributed by atoms with Crippen LogP contribution in [0.15, 0.2) is 48.5 Å². The summed E-state index contributed by atoms with van der Waals surface area (Å²) in [5.74, 6) is 0. The highest BCUT2D eigenvalue weighted by molar-refractivity contribution is 5.67. The fourth-order valence-electron chi connectivity index (χ4n) is 2.23. The van der Waals surface area contributed by atoms with Crippen LogP contribution in [0.1, 0.15) is 28.4 Å². The van der Waals surface area contributed by atoms with Crippen molar-refractivity contribution in [2.45, 2.75) is 26.6 Å². The lowest BCUT2D eigenvalue weighted by molar-refractivity contribution is 0.136. The third-order valence-corrected chi connectivity index (χ3v) is 3.40. The Bertz CT molecular complexity index is 628. The van der Waals surface area contributed by atoms with E-state index >= 15 is 0 Å². The van der Waals surface area contributed by atoms with Gasteiger partial charge in [-0.05, 0) is 30.5 Å². The second-order valence-electron chi connectivity index (χ2n) is 5.27. The van der Waals surface area contributed by atoms with Gasteiger partial charge < -0.3 is 10.1 Å². The number of halogens is 1. The van der Waals surface area contributed by atoms with E-state index in [0.717, 1.165) is 16.7 Å². The molecule has 1 amide bonds. The fraction of sp³-hybridized carbons (Fsp3) is 0.278. The third-order valence-electron chi connectivity index (χ3n) is 3.40. The van der Waals surface area contributed by atoms with Crippen molar-refractivity contribution >= 4 is 6.09 Å². The fourth-order valence-corrected chi connectivity index (χ4v) is 2.23. The number of hydrogen-bond donors (Lipinski definition) is 1. The van der Waals surface area contributed by atoms with Crippen LogP contribution in [0.25, 0.3) is 0 Å². The SMILES string of the molecule is Cc1ccc(C(F)CNC(=O)OCc2ccccc2)c(C)c1. The van der Waals surface area contributed by atoms with Gasteiger partial charge in [0.2, 0.25) is 0 Å². The largest absolute Gasteiger partial charge is 0.445 e. The van der Waals surface area contributed by atoms with Gasteiger partial charge in [0.25, 0.3) is 0 Å². The van der Waals surface area contributed by atoms with E-state index in [1.54, 1.807) is 6.07 Å². The van der Waals surface area contributed by atoms with Crippen molar-refractivity contribution in [1.29, 1.82) is 0 Å². The third kappa shape index (κ3) is 4.58. The molecule has 4 heteroatoms. The van der Waals surface area contributed by atoms with Crippen molar-refractivity contribution in [3.8, 4) is 0 Å². The van der Waals surface area contributed by atoms with Gasteiger partial charge in [0, 0.05) is 0 Å². The molecule has 0 aliphatic rings. The predicted octanol–water partition coefficient (Wildman–Crippen LogP) is 4.24. The zero-order valence-corrected chi connectivity index (χ0v) is 12.8. The number of benzene rings is 2. The summed E-state index contributed by atoms with van der Waals surface area (Å²) in [6.45, 7) is 3.90. The molecule has 1 unspecified atom stereocenters. The summed E-state index contributed by atoms with van der Waals surface area (Å²) in [6.07, 6.45) is -1.86. The molecule has 0 fully saturated rings. The van der Waals surface area contributed by atoms with Gasteiger partial charge in [-0.15, -0.1) is 0 Å². The number of rotatable bonds is 5. The molecule has 0 aliphatic carbocycles. The van der Waals surface area contributed by atoms with Crippen LogP contribution in [0.5, 0.6) is 0 Å². The molecule has 0 saturated heterocycles. The van der Waals surface area contributed by atoms with Crippen molar-refractivity contribution in [2.24, 2.45) is 0 Å². The molecule has 0 bridgehead atoms. The van der Waals surface area contributed by atoms with E-state index in [0.29, 0.717) is 5.56 Å². The number of ether oxygens (including phenoxy) is 1. The lowest BCUT2D eigenvalue weighted by atomic mass is 10.0. The van der Waals surface area contributed by atoms with Crippen molar-refractivity contribution < 1.29 is 13.9 Å². The number of alkyl carbamates (subject to hydrolysis) is 1. The van der Waals surface area contributed by atoms with E-state index in [4.69, 9.17) is 4.74 Å². The van der Waals surface area contributed by atoms with Crippen LogP contribution >= 0.6 is 0 Å². The molecule has 0 radical (unpaired) electrons. The van der Waals surface area contributed by atoms with E-state index in [1.165, 1.54) is 0 Å². The Morgan fingerprint density at radius 2 is 1.91 bits per heavy atom. The molecular weight excluding hydrogens is 281 g/mol. The molecule has 116 valence electrons. The van der Waals surface area contributed by atoms with Crippen LogP contribution in [-0.2, 0) is 11.3 Å². The minimum atomic E-state index is -1.25. The van der Waals surface area contributed by atoms with Crippen LogP contribution in [0.2, 0.25) is 0 Å². The van der Waals surface area contributed by atoms with E-state index in [9.17, 15) is 9.18 Å². The summed E-state index contributed by atoms with van der Waals surface area (Å²) in [5.41, 5.74) is 3.45. The van der Waals surface area contributed by atoms with E-state index in [-0.39, 0.29) is 13.2 Å². The lowest BCUT2D eigenvalue weighted by Crippen LogP contribution is -2.28. The summed E-state index contributed by atoms with van der Waals surface area (Å²) in [6, 6.07) is 14.9. The van der Waals surface area contributed by atoms with E-state index in [2.05, 4.69) is 5.32 Å². The van der Waals surface area contributed by atoms with Crippen molar-refractivity contribution in [3.05, 3.63) is 70.8 Å². The maximum absolute atomic E-state index is 14.2. The summed E-state index contributed by atoms with van der Waals surface area (Å²) >= 11 is 0. The molecule has 2 aromatic carbocycles. The van der Waals surface area contributed by atoms with Crippen LogP contribution < -0.4 is 5.32 Å². The molecular formula is C18H20FNO2. The first-order valence-electron chi connectivity index (χ1n) is 7.22. The molecule has 0 aliphatic heterocycles. The second-order valence-corrected chi connectivity index (χ2v) is 5.27. The second kappa shape index (κ2) is 7.59. The molecule has 1 atom stereocenters. The number of amides is 1. The van der Waals surface area contributed by atoms with Gasteiger partial charge in [-0.25, -0.2) is 9.18 Å². The van der Waals surface area contributed by atoms with Gasteiger partial charge in [-0.2, -0.15) is 0 Å². The van der Waals surface area contributed by atoms with Gasteiger partial charge in [-0.3, -0.25) is 0 Å². The molecule has 0 heterocycles. The van der Waals surface area contributed by atoms with Gasteiger partial charge in [0.15, 0.2) is 0 Å². The summed E-state index contributed by atoms with van der Waals surface area (Å²) in [4.78, 5) is 11.6. The number of aryl methyl sites for hydroxylation is 2. The molecule has 0 spiro atoms. The first-order chi connectivity index (χ1) is 10.6. The molecule has 0 aromatic heterocycles. The Kier molecular flexibility index (Phi) is 5.53. The van der Waals surface area contributed by atoms with Crippen LogP contribution in [0.3, 0.4) is 0 Å². The number of carbonyl (C=O) groups excluding carboxylic acids is 1.